The molecule has 54 heavy (non-hydrogen) atoms. The molecule has 0 atom stereocenters. The van der Waals surface area contributed by atoms with Crippen LogP contribution in [0.15, 0.2) is 174 Å². The third kappa shape index (κ3) is 4.77. The zero-order valence-electron chi connectivity index (χ0n) is 29.9. The molecular weight excluding hydrogens is 677 g/mol. The van der Waals surface area contributed by atoms with Crippen LogP contribution in [0.1, 0.15) is 25.0 Å². The van der Waals surface area contributed by atoms with E-state index in [0.29, 0.717) is 5.89 Å². The van der Waals surface area contributed by atoms with Crippen LogP contribution in [0.4, 0.5) is 17.1 Å². The molecule has 0 saturated carbocycles. The van der Waals surface area contributed by atoms with Gasteiger partial charge in [-0.2, -0.15) is 0 Å². The molecule has 8 aromatic carbocycles. The summed E-state index contributed by atoms with van der Waals surface area (Å²) >= 11 is 1.86. The number of hydrogen-bond donors (Lipinski definition) is 0. The highest BCUT2D eigenvalue weighted by Crippen LogP contribution is 2.51. The van der Waals surface area contributed by atoms with Gasteiger partial charge in [0.05, 0.1) is 0 Å². The Labute approximate surface area is 317 Å². The van der Waals surface area contributed by atoms with Gasteiger partial charge in [-0.15, -0.1) is 11.3 Å². The zero-order valence-corrected chi connectivity index (χ0v) is 30.7. The van der Waals surface area contributed by atoms with E-state index < -0.39 is 0 Å². The van der Waals surface area contributed by atoms with Crippen molar-refractivity contribution in [1.82, 2.24) is 4.98 Å². The topological polar surface area (TPSA) is 29.3 Å². The number of anilines is 3. The second kappa shape index (κ2) is 11.8. The van der Waals surface area contributed by atoms with Crippen LogP contribution in [0.25, 0.3) is 75.8 Å². The van der Waals surface area contributed by atoms with Crippen molar-refractivity contribution in [2.24, 2.45) is 0 Å². The van der Waals surface area contributed by atoms with Gasteiger partial charge in [0.15, 0.2) is 5.58 Å². The maximum atomic E-state index is 6.41. The predicted octanol–water partition coefficient (Wildman–Crippen LogP) is 14.5. The first kappa shape index (κ1) is 31.1. The fourth-order valence-corrected chi connectivity index (χ4v) is 9.66. The summed E-state index contributed by atoms with van der Waals surface area (Å²) in [6, 6.07) is 61.4. The molecule has 0 saturated heterocycles. The first-order valence-electron chi connectivity index (χ1n) is 18.4. The molecule has 1 aliphatic carbocycles. The Hall–Kier alpha value is -6.49. The molecule has 0 aliphatic heterocycles. The highest BCUT2D eigenvalue weighted by molar-refractivity contribution is 7.25. The number of hydrogen-bond acceptors (Lipinski definition) is 4. The van der Waals surface area contributed by atoms with Crippen LogP contribution >= 0.6 is 11.3 Å². The number of thiophene rings is 1. The Morgan fingerprint density at radius 1 is 0.500 bits per heavy atom. The third-order valence-electron chi connectivity index (χ3n) is 11.3. The van der Waals surface area contributed by atoms with E-state index in [1.807, 2.05) is 47.7 Å². The van der Waals surface area contributed by atoms with Gasteiger partial charge in [0, 0.05) is 53.6 Å². The lowest BCUT2D eigenvalue weighted by atomic mass is 9.82. The van der Waals surface area contributed by atoms with Gasteiger partial charge >= 0.3 is 0 Å². The second-order valence-corrected chi connectivity index (χ2v) is 15.9. The minimum atomic E-state index is -0.0975. The molecule has 0 amide bonds. The summed E-state index contributed by atoms with van der Waals surface area (Å²) in [7, 11) is 0. The summed E-state index contributed by atoms with van der Waals surface area (Å²) in [6.07, 6.45) is 0. The van der Waals surface area contributed by atoms with Crippen LogP contribution in [0.5, 0.6) is 0 Å². The summed E-state index contributed by atoms with van der Waals surface area (Å²) < 4.78 is 9.01. The van der Waals surface area contributed by atoms with E-state index in [9.17, 15) is 0 Å². The molecule has 0 N–H and O–H groups in total. The number of benzene rings is 8. The van der Waals surface area contributed by atoms with Crippen molar-refractivity contribution in [3.05, 3.63) is 181 Å². The molecule has 0 bridgehead atoms. The first-order valence-corrected chi connectivity index (χ1v) is 19.3. The average molecular weight is 711 g/mol. The van der Waals surface area contributed by atoms with Gasteiger partial charge in [0.25, 0.3) is 0 Å². The third-order valence-corrected chi connectivity index (χ3v) is 12.4. The van der Waals surface area contributed by atoms with Gasteiger partial charge in [-0.05, 0) is 105 Å². The monoisotopic (exact) mass is 710 g/mol. The summed E-state index contributed by atoms with van der Waals surface area (Å²) in [6.45, 7) is 4.70. The normalized spacial score (nSPS) is 13.1. The fourth-order valence-electron chi connectivity index (χ4n) is 8.52. The van der Waals surface area contributed by atoms with E-state index in [4.69, 9.17) is 9.40 Å². The van der Waals surface area contributed by atoms with Crippen LogP contribution in [0, 0.1) is 0 Å². The van der Waals surface area contributed by atoms with E-state index in [0.717, 1.165) is 55.6 Å². The van der Waals surface area contributed by atoms with Gasteiger partial charge in [0.2, 0.25) is 5.89 Å². The molecule has 256 valence electrons. The van der Waals surface area contributed by atoms with Crippen molar-refractivity contribution in [1.29, 1.82) is 0 Å². The molecule has 0 fully saturated rings. The van der Waals surface area contributed by atoms with Crippen LogP contribution in [-0.2, 0) is 5.41 Å². The van der Waals surface area contributed by atoms with Gasteiger partial charge < -0.3 is 9.32 Å². The predicted molar refractivity (Wildman–Crippen MR) is 228 cm³/mol. The highest BCUT2D eigenvalue weighted by Gasteiger charge is 2.35. The zero-order chi connectivity index (χ0) is 36.0. The van der Waals surface area contributed by atoms with E-state index in [1.54, 1.807) is 0 Å². The van der Waals surface area contributed by atoms with Crippen molar-refractivity contribution < 1.29 is 4.42 Å². The van der Waals surface area contributed by atoms with Gasteiger partial charge in [-0.25, -0.2) is 4.98 Å². The van der Waals surface area contributed by atoms with Crippen LogP contribution in [0.2, 0.25) is 0 Å². The molecule has 0 unspecified atom stereocenters. The molecule has 0 radical (unpaired) electrons. The largest absolute Gasteiger partial charge is 0.435 e. The number of oxazole rings is 1. The highest BCUT2D eigenvalue weighted by atomic mass is 32.1. The van der Waals surface area contributed by atoms with Crippen molar-refractivity contribution in [3.63, 3.8) is 0 Å². The molecule has 1 aliphatic rings. The summed E-state index contributed by atoms with van der Waals surface area (Å²) in [5.74, 6) is 0.639. The number of nitrogens with zero attached hydrogens (tertiary/aromatic N) is 2. The SMILES string of the molecule is CC1(C)c2ccccc2-c2ccc(N(c3ccc(-c4ccc5ccc6nc(-c7ccccc7)oc6c5c4)cc3)c3ccc4c(c3)sc3ccccc34)cc21. The smallest absolute Gasteiger partial charge is 0.227 e. The standard InChI is InChI=1S/C50H34N2OS/c1-50(2)43-14-8-6-12-38(43)39-25-23-36(29-44(39)50)52(37-24-26-41-40-13-7-9-15-46(40)54-47(41)30-37)35-21-18-31(19-22-35)34-17-16-32-20-27-45-48(42(32)28-34)53-49(51-45)33-10-4-3-5-11-33/h3-30H,1-2H3. The lowest BCUT2D eigenvalue weighted by Gasteiger charge is -2.28. The Morgan fingerprint density at radius 3 is 2.07 bits per heavy atom. The van der Waals surface area contributed by atoms with Gasteiger partial charge in [0.1, 0.15) is 5.52 Å². The Kier molecular flexibility index (Phi) is 6.77. The minimum Gasteiger partial charge on any atom is -0.435 e. The Morgan fingerprint density at radius 2 is 1.19 bits per heavy atom. The number of rotatable bonds is 5. The maximum Gasteiger partial charge on any atom is 0.227 e. The Balaban J connectivity index is 1.03. The molecule has 2 aromatic heterocycles. The van der Waals surface area contributed by atoms with Crippen molar-refractivity contribution in [2.45, 2.75) is 19.3 Å². The van der Waals surface area contributed by atoms with Crippen LogP contribution in [-0.4, -0.2) is 4.98 Å². The average Bonchev–Trinajstić information content (AvgIpc) is 3.89. The Bertz CT molecular complexity index is 3080. The number of fused-ring (bicyclic) bond motifs is 9. The fraction of sp³-hybridized carbons (Fsp3) is 0.0600. The molecule has 10 aromatic rings. The lowest BCUT2D eigenvalue weighted by molar-refractivity contribution is 0.623. The van der Waals surface area contributed by atoms with E-state index in [2.05, 4.69) is 152 Å². The van der Waals surface area contributed by atoms with E-state index in [-0.39, 0.29) is 5.41 Å². The molecule has 4 heteroatoms. The van der Waals surface area contributed by atoms with Crippen LogP contribution < -0.4 is 4.90 Å². The van der Waals surface area contributed by atoms with E-state index >= 15 is 0 Å². The van der Waals surface area contributed by atoms with Crippen molar-refractivity contribution >= 4 is 70.4 Å². The molecule has 2 heterocycles. The van der Waals surface area contributed by atoms with Crippen molar-refractivity contribution in [3.8, 4) is 33.7 Å². The van der Waals surface area contributed by atoms with Gasteiger partial charge in [-0.1, -0.05) is 117 Å². The second-order valence-electron chi connectivity index (χ2n) is 14.8. The van der Waals surface area contributed by atoms with E-state index in [1.165, 1.54) is 42.4 Å². The summed E-state index contributed by atoms with van der Waals surface area (Å²) in [5.41, 5.74) is 13.6. The first-order chi connectivity index (χ1) is 26.5. The van der Waals surface area contributed by atoms with Crippen molar-refractivity contribution in [2.75, 3.05) is 4.90 Å². The minimum absolute atomic E-state index is 0.0975. The van der Waals surface area contributed by atoms with Gasteiger partial charge in [-0.3, -0.25) is 0 Å². The molecular formula is C50H34N2OS. The maximum absolute atomic E-state index is 6.41. The lowest BCUT2D eigenvalue weighted by Crippen LogP contribution is -2.16. The molecule has 11 rings (SSSR count). The summed E-state index contributed by atoms with van der Waals surface area (Å²) in [5, 5.41) is 4.80. The summed E-state index contributed by atoms with van der Waals surface area (Å²) in [4.78, 5) is 7.24. The molecule has 0 spiro atoms. The molecule has 3 nitrogen and oxygen atoms in total. The number of aromatic nitrogens is 1. The quantitative estimate of drug-likeness (QED) is 0.178. The van der Waals surface area contributed by atoms with Crippen LogP contribution in [0.3, 0.4) is 0 Å².